The van der Waals surface area contributed by atoms with Crippen molar-refractivity contribution in [2.45, 2.75) is 67.2 Å². The number of carbonyl (C=O) groups is 2. The molecule has 0 aromatic heterocycles. The van der Waals surface area contributed by atoms with Gasteiger partial charge < -0.3 is 0 Å². The van der Waals surface area contributed by atoms with E-state index in [9.17, 15) is 9.59 Å². The third-order valence-electron chi connectivity index (χ3n) is 3.79. The molecule has 6 heteroatoms. The van der Waals surface area contributed by atoms with Crippen molar-refractivity contribution in [1.29, 1.82) is 0 Å². The van der Waals surface area contributed by atoms with E-state index in [1.165, 1.54) is 0 Å². The van der Waals surface area contributed by atoms with Gasteiger partial charge in [-0.2, -0.15) is 0 Å². The van der Waals surface area contributed by atoms with Gasteiger partial charge in [-0.05, 0) is 50.5 Å². The second-order valence-electron chi connectivity index (χ2n) is 7.15. The van der Waals surface area contributed by atoms with E-state index < -0.39 is 0 Å². The van der Waals surface area contributed by atoms with Crippen LogP contribution in [0.2, 0.25) is 0 Å². The Morgan fingerprint density at radius 2 is 1.33 bits per heavy atom. The van der Waals surface area contributed by atoms with Gasteiger partial charge in [0.2, 0.25) is 5.91 Å². The normalized spacial score (nSPS) is 13.6. The Kier molecular flexibility index (Phi) is 10.2. The van der Waals surface area contributed by atoms with Crippen molar-refractivity contribution in [2.24, 2.45) is 23.5 Å². The molecule has 6 N–H and O–H groups in total. The van der Waals surface area contributed by atoms with E-state index >= 15 is 0 Å². The number of nitrogens with two attached hydrogens (primary N) is 2. The standard InChI is InChI=1S/C18H34N4O2/c1-11(2)9-13(5)15(7-8-16(23)21-19)17(18(24)22-20)14(6)10-12(3)4/h11-12H,7-10,19-20H2,1-6H3,(H,21,23)(H,22,24). The largest absolute Gasteiger partial charge is 0.294 e. The van der Waals surface area contributed by atoms with E-state index in [2.05, 4.69) is 38.5 Å². The molecule has 2 amide bonds. The molecule has 0 fully saturated rings. The summed E-state index contributed by atoms with van der Waals surface area (Å²) in [6.07, 6.45) is 2.34. The molecule has 0 saturated heterocycles. The lowest BCUT2D eigenvalue weighted by molar-refractivity contribution is -0.121. The average Bonchev–Trinajstić information content (AvgIpc) is 2.48. The van der Waals surface area contributed by atoms with Crippen LogP contribution in [-0.2, 0) is 9.59 Å². The van der Waals surface area contributed by atoms with Crippen LogP contribution in [-0.4, -0.2) is 11.8 Å². The lowest BCUT2D eigenvalue weighted by Gasteiger charge is -2.20. The monoisotopic (exact) mass is 338 g/mol. The molecular formula is C18H34N4O2. The van der Waals surface area contributed by atoms with Gasteiger partial charge in [0, 0.05) is 12.0 Å². The van der Waals surface area contributed by atoms with E-state index in [0.717, 1.165) is 29.6 Å². The lowest BCUT2D eigenvalue weighted by Crippen LogP contribution is -2.33. The van der Waals surface area contributed by atoms with Crippen molar-refractivity contribution in [3.05, 3.63) is 22.3 Å². The Morgan fingerprint density at radius 1 is 0.833 bits per heavy atom. The zero-order chi connectivity index (χ0) is 18.9. The first-order valence-electron chi connectivity index (χ1n) is 8.53. The van der Waals surface area contributed by atoms with Gasteiger partial charge in [-0.3, -0.25) is 20.4 Å². The number of hydrogen-bond donors (Lipinski definition) is 4. The number of hydrazine groups is 2. The van der Waals surface area contributed by atoms with Gasteiger partial charge in [-0.25, -0.2) is 11.7 Å². The highest BCUT2D eigenvalue weighted by Crippen LogP contribution is 2.29. The van der Waals surface area contributed by atoms with Crippen LogP contribution in [0.5, 0.6) is 0 Å². The van der Waals surface area contributed by atoms with E-state index in [0.29, 0.717) is 23.8 Å². The van der Waals surface area contributed by atoms with Crippen molar-refractivity contribution < 1.29 is 9.59 Å². The van der Waals surface area contributed by atoms with Crippen molar-refractivity contribution in [3.63, 3.8) is 0 Å². The maximum absolute atomic E-state index is 12.4. The summed E-state index contributed by atoms with van der Waals surface area (Å²) in [6, 6.07) is 0. The molecule has 0 unspecified atom stereocenters. The molecule has 0 heterocycles. The summed E-state index contributed by atoms with van der Waals surface area (Å²) >= 11 is 0. The number of nitrogens with one attached hydrogen (secondary N) is 2. The summed E-state index contributed by atoms with van der Waals surface area (Å²) in [5.41, 5.74) is 7.99. The number of amides is 2. The van der Waals surface area contributed by atoms with Gasteiger partial charge in [-0.1, -0.05) is 38.8 Å². The first kappa shape index (κ1) is 22.3. The van der Waals surface area contributed by atoms with Gasteiger partial charge in [0.15, 0.2) is 0 Å². The fourth-order valence-corrected chi connectivity index (χ4v) is 2.97. The minimum Gasteiger partial charge on any atom is -0.294 e. The summed E-state index contributed by atoms with van der Waals surface area (Å²) in [5.74, 6) is 10.9. The predicted octanol–water partition coefficient (Wildman–Crippen LogP) is 2.47. The van der Waals surface area contributed by atoms with Gasteiger partial charge >= 0.3 is 0 Å². The van der Waals surface area contributed by atoms with Crippen LogP contribution in [0.1, 0.15) is 67.2 Å². The molecule has 0 aromatic rings. The van der Waals surface area contributed by atoms with Crippen molar-refractivity contribution in [3.8, 4) is 0 Å². The van der Waals surface area contributed by atoms with Crippen LogP contribution in [0.15, 0.2) is 22.3 Å². The van der Waals surface area contributed by atoms with E-state index in [-0.39, 0.29) is 18.2 Å². The molecule has 0 bridgehead atoms. The number of allylic oxidation sites excluding steroid dienone is 2. The molecule has 0 rings (SSSR count). The summed E-state index contributed by atoms with van der Waals surface area (Å²) in [7, 11) is 0. The zero-order valence-corrected chi connectivity index (χ0v) is 16.0. The SMILES string of the molecule is CC(CC(C)C)=C(CCC(=O)NN)C(C(=O)NN)=C(C)CC(C)C. The van der Waals surface area contributed by atoms with Crippen LogP contribution >= 0.6 is 0 Å². The Bertz CT molecular complexity index is 505. The van der Waals surface area contributed by atoms with Gasteiger partial charge in [0.05, 0.1) is 0 Å². The molecule has 24 heavy (non-hydrogen) atoms. The molecule has 0 radical (unpaired) electrons. The maximum atomic E-state index is 12.4. The molecule has 0 aromatic carbocycles. The molecule has 6 nitrogen and oxygen atoms in total. The fraction of sp³-hybridized carbons (Fsp3) is 0.667. The third-order valence-corrected chi connectivity index (χ3v) is 3.79. The summed E-state index contributed by atoms with van der Waals surface area (Å²) in [6.45, 7) is 12.4. The highest BCUT2D eigenvalue weighted by molar-refractivity contribution is 5.98. The van der Waals surface area contributed by atoms with Crippen molar-refractivity contribution in [2.75, 3.05) is 0 Å². The summed E-state index contributed by atoms with van der Waals surface area (Å²) in [4.78, 5) is 24.0. The van der Waals surface area contributed by atoms with Crippen molar-refractivity contribution in [1.82, 2.24) is 10.9 Å². The van der Waals surface area contributed by atoms with E-state index in [1.54, 1.807) is 0 Å². The average molecular weight is 338 g/mol. The molecule has 0 atom stereocenters. The molecule has 0 aliphatic rings. The molecule has 0 aliphatic carbocycles. The maximum Gasteiger partial charge on any atom is 0.265 e. The Morgan fingerprint density at radius 3 is 1.75 bits per heavy atom. The van der Waals surface area contributed by atoms with Crippen LogP contribution in [0.25, 0.3) is 0 Å². The predicted molar refractivity (Wildman–Crippen MR) is 98.2 cm³/mol. The van der Waals surface area contributed by atoms with Gasteiger partial charge in [0.1, 0.15) is 0 Å². The van der Waals surface area contributed by atoms with E-state index in [4.69, 9.17) is 11.7 Å². The summed E-state index contributed by atoms with van der Waals surface area (Å²) in [5, 5.41) is 0. The lowest BCUT2D eigenvalue weighted by atomic mass is 9.87. The quantitative estimate of drug-likeness (QED) is 0.170. The van der Waals surface area contributed by atoms with Crippen LogP contribution < -0.4 is 22.5 Å². The smallest absolute Gasteiger partial charge is 0.265 e. The second-order valence-corrected chi connectivity index (χ2v) is 7.15. The highest BCUT2D eigenvalue weighted by Gasteiger charge is 2.20. The first-order valence-corrected chi connectivity index (χ1v) is 8.53. The van der Waals surface area contributed by atoms with Crippen LogP contribution in [0.4, 0.5) is 0 Å². The summed E-state index contributed by atoms with van der Waals surface area (Å²) < 4.78 is 0. The molecule has 0 saturated carbocycles. The minimum atomic E-state index is -0.306. The zero-order valence-electron chi connectivity index (χ0n) is 16.0. The highest BCUT2D eigenvalue weighted by atomic mass is 16.2. The second kappa shape index (κ2) is 11.0. The van der Waals surface area contributed by atoms with Crippen LogP contribution in [0.3, 0.4) is 0 Å². The third kappa shape index (κ3) is 7.75. The molecule has 0 spiro atoms. The molecule has 0 aliphatic heterocycles. The Hall–Kier alpha value is -1.66. The topological polar surface area (TPSA) is 110 Å². The van der Waals surface area contributed by atoms with Crippen molar-refractivity contribution >= 4 is 11.8 Å². The van der Waals surface area contributed by atoms with E-state index in [1.807, 2.05) is 13.8 Å². The Balaban J connectivity index is 5.98. The Labute approximate surface area is 146 Å². The molecular weight excluding hydrogens is 304 g/mol. The fourth-order valence-electron chi connectivity index (χ4n) is 2.97. The van der Waals surface area contributed by atoms with Crippen LogP contribution in [0, 0.1) is 11.8 Å². The minimum absolute atomic E-state index is 0.234. The van der Waals surface area contributed by atoms with Gasteiger partial charge in [-0.15, -0.1) is 0 Å². The number of hydrogen-bond acceptors (Lipinski definition) is 4. The van der Waals surface area contributed by atoms with Gasteiger partial charge in [0.25, 0.3) is 5.91 Å². The number of rotatable bonds is 9. The first-order chi connectivity index (χ1) is 11.1. The number of carbonyl (C=O) groups excluding carboxylic acids is 2. The molecule has 138 valence electrons.